The van der Waals surface area contributed by atoms with Gasteiger partial charge in [-0.1, -0.05) is 18.7 Å². The van der Waals surface area contributed by atoms with Crippen molar-refractivity contribution < 1.29 is 19.0 Å². The Hall–Kier alpha value is -1.39. The molecule has 0 saturated carbocycles. The maximum absolute atomic E-state index is 11.1. The van der Waals surface area contributed by atoms with Crippen LogP contribution >= 0.6 is 0 Å². The van der Waals surface area contributed by atoms with Crippen LogP contribution in [0.3, 0.4) is 0 Å². The van der Waals surface area contributed by atoms with E-state index in [-0.39, 0.29) is 0 Å². The average molecular weight is 210 g/mol. The van der Waals surface area contributed by atoms with Gasteiger partial charge < -0.3 is 14.2 Å². The Morgan fingerprint density at radius 3 is 2.60 bits per heavy atom. The van der Waals surface area contributed by atoms with E-state index in [2.05, 4.69) is 6.58 Å². The van der Waals surface area contributed by atoms with E-state index in [4.69, 9.17) is 14.2 Å². The Morgan fingerprint density at radius 2 is 2.07 bits per heavy atom. The Labute approximate surface area is 88.8 Å². The van der Waals surface area contributed by atoms with Crippen LogP contribution in [-0.4, -0.2) is 32.1 Å². The summed E-state index contributed by atoms with van der Waals surface area (Å²) in [5, 5.41) is 0. The Balaban J connectivity index is 2.84. The standard InChI is InChI=1S/C11H14O4/c1-4-10(12)15-9-7-5-6-8-11(9,13-2)14-3/h4-9H,1H2,2-3H3. The Kier molecular flexibility index (Phi) is 3.82. The van der Waals surface area contributed by atoms with E-state index >= 15 is 0 Å². The van der Waals surface area contributed by atoms with E-state index in [9.17, 15) is 4.79 Å². The molecule has 0 aliphatic heterocycles. The van der Waals surface area contributed by atoms with Crippen molar-refractivity contribution in [2.45, 2.75) is 11.9 Å². The Bertz CT molecular complexity index is 300. The molecule has 1 aliphatic carbocycles. The molecule has 1 rings (SSSR count). The van der Waals surface area contributed by atoms with Crippen LogP contribution in [0.15, 0.2) is 37.0 Å². The normalized spacial score (nSPS) is 22.4. The zero-order valence-electron chi connectivity index (χ0n) is 8.80. The number of ether oxygens (including phenoxy) is 3. The second-order valence-corrected chi connectivity index (χ2v) is 2.94. The fourth-order valence-electron chi connectivity index (χ4n) is 1.33. The predicted octanol–water partition coefficient (Wildman–Crippen LogP) is 1.20. The second-order valence-electron chi connectivity index (χ2n) is 2.94. The molecule has 0 aromatic carbocycles. The first kappa shape index (κ1) is 11.7. The number of carbonyl (C=O) groups is 1. The molecule has 4 heteroatoms. The molecule has 0 aromatic heterocycles. The first-order chi connectivity index (χ1) is 7.18. The van der Waals surface area contributed by atoms with E-state index in [0.29, 0.717) is 0 Å². The predicted molar refractivity (Wildman–Crippen MR) is 55.1 cm³/mol. The number of carbonyl (C=O) groups excluding carboxylic acids is 1. The quantitative estimate of drug-likeness (QED) is 0.397. The lowest BCUT2D eigenvalue weighted by molar-refractivity contribution is -0.223. The zero-order valence-corrected chi connectivity index (χ0v) is 8.80. The van der Waals surface area contributed by atoms with Gasteiger partial charge in [-0.15, -0.1) is 0 Å². The molecule has 1 unspecified atom stereocenters. The lowest BCUT2D eigenvalue weighted by Crippen LogP contribution is -2.46. The highest BCUT2D eigenvalue weighted by atomic mass is 16.7. The van der Waals surface area contributed by atoms with Gasteiger partial charge in [0.05, 0.1) is 0 Å². The van der Waals surface area contributed by atoms with E-state index in [1.807, 2.05) is 0 Å². The maximum Gasteiger partial charge on any atom is 0.330 e. The van der Waals surface area contributed by atoms with Crippen LogP contribution in [0.4, 0.5) is 0 Å². The fraction of sp³-hybridized carbons (Fsp3) is 0.364. The van der Waals surface area contributed by atoms with Crippen LogP contribution in [0.5, 0.6) is 0 Å². The van der Waals surface area contributed by atoms with E-state index in [1.165, 1.54) is 14.2 Å². The van der Waals surface area contributed by atoms with Crippen LogP contribution in [-0.2, 0) is 19.0 Å². The van der Waals surface area contributed by atoms with Crippen molar-refractivity contribution in [1.82, 2.24) is 0 Å². The van der Waals surface area contributed by atoms with Gasteiger partial charge in [0.2, 0.25) is 5.79 Å². The molecule has 1 atom stereocenters. The molecule has 1 aliphatic rings. The van der Waals surface area contributed by atoms with Crippen LogP contribution < -0.4 is 0 Å². The molecule has 15 heavy (non-hydrogen) atoms. The highest BCUT2D eigenvalue weighted by molar-refractivity contribution is 5.81. The summed E-state index contributed by atoms with van der Waals surface area (Å²) < 4.78 is 15.5. The summed E-state index contributed by atoms with van der Waals surface area (Å²) in [7, 11) is 2.98. The topological polar surface area (TPSA) is 44.8 Å². The number of methoxy groups -OCH3 is 2. The van der Waals surface area contributed by atoms with Crippen molar-refractivity contribution in [2.75, 3.05) is 14.2 Å². The number of allylic oxidation sites excluding steroid dienone is 2. The summed E-state index contributed by atoms with van der Waals surface area (Å²) in [4.78, 5) is 11.1. The molecular formula is C11H14O4. The highest BCUT2D eigenvalue weighted by Gasteiger charge is 2.39. The van der Waals surface area contributed by atoms with Crippen LogP contribution in [0, 0.1) is 0 Å². The van der Waals surface area contributed by atoms with Gasteiger partial charge in [0.1, 0.15) is 0 Å². The number of esters is 1. The third-order valence-corrected chi connectivity index (χ3v) is 2.17. The number of rotatable bonds is 4. The molecule has 0 aromatic rings. The van der Waals surface area contributed by atoms with Gasteiger partial charge in [-0.05, 0) is 12.2 Å². The molecule has 0 spiro atoms. The lowest BCUT2D eigenvalue weighted by Gasteiger charge is -2.34. The fourth-order valence-corrected chi connectivity index (χ4v) is 1.33. The molecule has 4 nitrogen and oxygen atoms in total. The molecule has 0 heterocycles. The van der Waals surface area contributed by atoms with Crippen molar-refractivity contribution in [3.05, 3.63) is 37.0 Å². The van der Waals surface area contributed by atoms with Crippen molar-refractivity contribution in [1.29, 1.82) is 0 Å². The van der Waals surface area contributed by atoms with E-state index < -0.39 is 17.9 Å². The second kappa shape index (κ2) is 4.91. The minimum Gasteiger partial charge on any atom is -0.449 e. The van der Waals surface area contributed by atoms with Crippen molar-refractivity contribution in [3.8, 4) is 0 Å². The van der Waals surface area contributed by atoms with Gasteiger partial charge in [0.15, 0.2) is 6.10 Å². The van der Waals surface area contributed by atoms with Crippen molar-refractivity contribution >= 4 is 5.97 Å². The van der Waals surface area contributed by atoms with Gasteiger partial charge in [-0.2, -0.15) is 0 Å². The average Bonchev–Trinajstić information content (AvgIpc) is 2.30. The van der Waals surface area contributed by atoms with Crippen LogP contribution in [0.25, 0.3) is 0 Å². The van der Waals surface area contributed by atoms with Gasteiger partial charge >= 0.3 is 5.97 Å². The summed E-state index contributed by atoms with van der Waals surface area (Å²) >= 11 is 0. The number of hydrogen-bond acceptors (Lipinski definition) is 4. The summed E-state index contributed by atoms with van der Waals surface area (Å²) in [6.45, 7) is 3.33. The monoisotopic (exact) mass is 210 g/mol. The van der Waals surface area contributed by atoms with Gasteiger partial charge in [0, 0.05) is 20.3 Å². The van der Waals surface area contributed by atoms with Crippen molar-refractivity contribution in [2.24, 2.45) is 0 Å². The summed E-state index contributed by atoms with van der Waals surface area (Å²) in [6.07, 6.45) is 7.40. The van der Waals surface area contributed by atoms with E-state index in [1.54, 1.807) is 24.3 Å². The van der Waals surface area contributed by atoms with E-state index in [0.717, 1.165) is 6.08 Å². The first-order valence-corrected chi connectivity index (χ1v) is 4.48. The van der Waals surface area contributed by atoms with Gasteiger partial charge in [-0.25, -0.2) is 4.79 Å². The van der Waals surface area contributed by atoms with Gasteiger partial charge in [-0.3, -0.25) is 0 Å². The zero-order chi connectivity index (χ0) is 11.3. The molecule has 0 saturated heterocycles. The summed E-state index contributed by atoms with van der Waals surface area (Å²) in [5.74, 6) is -1.56. The SMILES string of the molecule is C=CC(=O)OC1C=CC=CC1(OC)OC. The van der Waals surface area contributed by atoms with Gasteiger partial charge in [0.25, 0.3) is 0 Å². The summed E-state index contributed by atoms with van der Waals surface area (Å²) in [5.41, 5.74) is 0. The molecule has 0 N–H and O–H groups in total. The molecular weight excluding hydrogens is 196 g/mol. The Morgan fingerprint density at radius 1 is 1.40 bits per heavy atom. The molecule has 0 fully saturated rings. The van der Waals surface area contributed by atoms with Crippen LogP contribution in [0.1, 0.15) is 0 Å². The summed E-state index contributed by atoms with van der Waals surface area (Å²) in [6, 6.07) is 0. The lowest BCUT2D eigenvalue weighted by atomic mass is 10.0. The molecule has 82 valence electrons. The molecule has 0 bridgehead atoms. The maximum atomic E-state index is 11.1. The minimum absolute atomic E-state index is 0.515. The third-order valence-electron chi connectivity index (χ3n) is 2.17. The highest BCUT2D eigenvalue weighted by Crippen LogP contribution is 2.25. The first-order valence-electron chi connectivity index (χ1n) is 4.48. The smallest absolute Gasteiger partial charge is 0.330 e. The van der Waals surface area contributed by atoms with Crippen LogP contribution in [0.2, 0.25) is 0 Å². The minimum atomic E-state index is -1.05. The molecule has 0 amide bonds. The largest absolute Gasteiger partial charge is 0.449 e. The van der Waals surface area contributed by atoms with Crippen molar-refractivity contribution in [3.63, 3.8) is 0 Å². The molecule has 0 radical (unpaired) electrons. The third kappa shape index (κ3) is 2.34. The number of hydrogen-bond donors (Lipinski definition) is 0.